The monoisotopic (exact) mass is 270 g/mol. The van der Waals surface area contributed by atoms with Crippen molar-refractivity contribution in [2.45, 2.75) is 13.5 Å². The fourth-order valence-corrected chi connectivity index (χ4v) is 1.83. The zero-order chi connectivity index (χ0) is 14.4. The highest BCUT2D eigenvalue weighted by atomic mass is 19.1. The van der Waals surface area contributed by atoms with E-state index in [1.807, 2.05) is 24.3 Å². The van der Waals surface area contributed by atoms with Gasteiger partial charge in [-0.05, 0) is 36.8 Å². The molecule has 0 bridgehead atoms. The van der Waals surface area contributed by atoms with Crippen LogP contribution in [0.1, 0.15) is 16.7 Å². The summed E-state index contributed by atoms with van der Waals surface area (Å²) in [5.41, 5.74) is 2.50. The summed E-state index contributed by atoms with van der Waals surface area (Å²) >= 11 is 0. The third-order valence-electron chi connectivity index (χ3n) is 2.84. The van der Waals surface area contributed by atoms with Gasteiger partial charge in [0.2, 0.25) is 0 Å². The molecule has 0 saturated carbocycles. The molecule has 1 N–H and O–H groups in total. The zero-order valence-corrected chi connectivity index (χ0v) is 11.2. The van der Waals surface area contributed by atoms with Crippen LogP contribution in [-0.4, -0.2) is 11.7 Å². The lowest BCUT2D eigenvalue weighted by atomic mass is 10.1. The van der Waals surface area contributed by atoms with Crippen molar-refractivity contribution in [1.29, 1.82) is 0 Å². The molecule has 0 unspecified atom stereocenters. The molecule has 0 heterocycles. The van der Waals surface area contributed by atoms with E-state index in [1.54, 1.807) is 13.0 Å². The number of rotatable bonds is 3. The number of aliphatic hydroxyl groups is 1. The van der Waals surface area contributed by atoms with E-state index in [0.29, 0.717) is 12.4 Å². The molecule has 0 radical (unpaired) electrons. The molecule has 0 atom stereocenters. The molecular formula is C17H15FO2. The summed E-state index contributed by atoms with van der Waals surface area (Å²) < 4.78 is 18.7. The Balaban J connectivity index is 2.14. The molecule has 0 aromatic heterocycles. The van der Waals surface area contributed by atoms with Crippen molar-refractivity contribution in [2.24, 2.45) is 0 Å². The largest absolute Gasteiger partial charge is 0.489 e. The second kappa shape index (κ2) is 6.74. The minimum atomic E-state index is -0.274. The van der Waals surface area contributed by atoms with Gasteiger partial charge in [-0.2, -0.15) is 0 Å². The minimum absolute atomic E-state index is 0.174. The van der Waals surface area contributed by atoms with Crippen LogP contribution in [0.15, 0.2) is 42.5 Å². The molecule has 0 aliphatic carbocycles. The molecule has 3 heteroatoms. The summed E-state index contributed by atoms with van der Waals surface area (Å²) in [5.74, 6) is 5.88. The van der Waals surface area contributed by atoms with Gasteiger partial charge in [0, 0.05) is 11.1 Å². The standard InChI is InChI=1S/C17H15FO2/c1-13-11-16(18)8-9-17(13)20-12-15-6-3-2-5-14(15)7-4-10-19/h2-3,5-6,8-9,11,19H,10,12H2,1H3. The van der Waals surface area contributed by atoms with Crippen LogP contribution in [0.25, 0.3) is 0 Å². The van der Waals surface area contributed by atoms with E-state index in [0.717, 1.165) is 16.7 Å². The van der Waals surface area contributed by atoms with Crippen LogP contribution < -0.4 is 4.74 Å². The van der Waals surface area contributed by atoms with Gasteiger partial charge in [-0.3, -0.25) is 0 Å². The SMILES string of the molecule is Cc1cc(F)ccc1OCc1ccccc1C#CCO. The van der Waals surface area contributed by atoms with Gasteiger partial charge in [-0.1, -0.05) is 30.0 Å². The maximum absolute atomic E-state index is 13.0. The zero-order valence-electron chi connectivity index (χ0n) is 11.2. The number of hydrogen-bond acceptors (Lipinski definition) is 2. The van der Waals surface area contributed by atoms with Gasteiger partial charge < -0.3 is 9.84 Å². The van der Waals surface area contributed by atoms with Crippen LogP contribution in [-0.2, 0) is 6.61 Å². The summed E-state index contributed by atoms with van der Waals surface area (Å²) in [6, 6.07) is 12.0. The highest BCUT2D eigenvalue weighted by Gasteiger charge is 2.04. The van der Waals surface area contributed by atoms with E-state index in [4.69, 9.17) is 9.84 Å². The molecule has 0 saturated heterocycles. The van der Waals surface area contributed by atoms with Crippen molar-refractivity contribution in [3.63, 3.8) is 0 Å². The second-order valence-electron chi connectivity index (χ2n) is 4.32. The molecule has 2 aromatic carbocycles. The third-order valence-corrected chi connectivity index (χ3v) is 2.84. The first-order chi connectivity index (χ1) is 9.70. The molecule has 0 aliphatic heterocycles. The van der Waals surface area contributed by atoms with Crippen molar-refractivity contribution in [2.75, 3.05) is 6.61 Å². The summed E-state index contributed by atoms with van der Waals surface area (Å²) in [5, 5.41) is 8.75. The van der Waals surface area contributed by atoms with Crippen LogP contribution in [0.2, 0.25) is 0 Å². The molecular weight excluding hydrogens is 255 g/mol. The number of ether oxygens (including phenoxy) is 1. The predicted molar refractivity (Wildman–Crippen MR) is 75.9 cm³/mol. The summed E-state index contributed by atoms with van der Waals surface area (Å²) in [4.78, 5) is 0. The Hall–Kier alpha value is -2.31. The Morgan fingerprint density at radius 2 is 2.00 bits per heavy atom. The van der Waals surface area contributed by atoms with E-state index in [1.165, 1.54) is 12.1 Å². The fraction of sp³-hybridized carbons (Fsp3) is 0.176. The van der Waals surface area contributed by atoms with Gasteiger partial charge >= 0.3 is 0 Å². The number of hydrogen-bond donors (Lipinski definition) is 1. The van der Waals surface area contributed by atoms with Gasteiger partial charge in [-0.25, -0.2) is 4.39 Å². The van der Waals surface area contributed by atoms with Gasteiger partial charge in [0.25, 0.3) is 0 Å². The molecule has 2 rings (SSSR count). The first-order valence-electron chi connectivity index (χ1n) is 6.27. The van der Waals surface area contributed by atoms with E-state index in [2.05, 4.69) is 11.8 Å². The van der Waals surface area contributed by atoms with E-state index in [9.17, 15) is 4.39 Å². The number of benzene rings is 2. The van der Waals surface area contributed by atoms with Crippen molar-refractivity contribution >= 4 is 0 Å². The Kier molecular flexibility index (Phi) is 4.75. The van der Waals surface area contributed by atoms with Crippen molar-refractivity contribution in [1.82, 2.24) is 0 Å². The van der Waals surface area contributed by atoms with Crippen LogP contribution in [0.3, 0.4) is 0 Å². The average molecular weight is 270 g/mol. The lowest BCUT2D eigenvalue weighted by Gasteiger charge is -2.10. The quantitative estimate of drug-likeness (QED) is 0.869. The average Bonchev–Trinajstić information content (AvgIpc) is 2.45. The number of halogens is 1. The molecule has 0 fully saturated rings. The predicted octanol–water partition coefficient (Wildman–Crippen LogP) is 3.06. The Morgan fingerprint density at radius 3 is 2.75 bits per heavy atom. The Morgan fingerprint density at radius 1 is 1.20 bits per heavy atom. The van der Waals surface area contributed by atoms with Crippen molar-refractivity contribution in [3.8, 4) is 17.6 Å². The molecule has 2 nitrogen and oxygen atoms in total. The second-order valence-corrected chi connectivity index (χ2v) is 4.32. The molecule has 0 spiro atoms. The van der Waals surface area contributed by atoms with Gasteiger partial charge in [0.1, 0.15) is 24.8 Å². The Bertz CT molecular complexity index is 654. The summed E-state index contributed by atoms with van der Waals surface area (Å²) in [6.07, 6.45) is 0. The first kappa shape index (κ1) is 14.1. The van der Waals surface area contributed by atoms with E-state index < -0.39 is 0 Å². The maximum Gasteiger partial charge on any atom is 0.123 e. The lowest BCUT2D eigenvalue weighted by Crippen LogP contribution is -1.99. The van der Waals surface area contributed by atoms with Crippen molar-refractivity contribution < 1.29 is 14.2 Å². The molecule has 20 heavy (non-hydrogen) atoms. The molecule has 102 valence electrons. The number of aliphatic hydroxyl groups excluding tert-OH is 1. The Labute approximate surface area is 117 Å². The van der Waals surface area contributed by atoms with Crippen LogP contribution in [0.4, 0.5) is 4.39 Å². The molecule has 0 amide bonds. The topological polar surface area (TPSA) is 29.5 Å². The molecule has 0 aliphatic rings. The number of aryl methyl sites for hydroxylation is 1. The normalized spacial score (nSPS) is 9.75. The highest BCUT2D eigenvalue weighted by molar-refractivity contribution is 5.41. The van der Waals surface area contributed by atoms with E-state index in [-0.39, 0.29) is 12.4 Å². The maximum atomic E-state index is 13.0. The molecule has 2 aromatic rings. The van der Waals surface area contributed by atoms with Crippen LogP contribution in [0.5, 0.6) is 5.75 Å². The fourth-order valence-electron chi connectivity index (χ4n) is 1.83. The van der Waals surface area contributed by atoms with Crippen LogP contribution in [0, 0.1) is 24.6 Å². The van der Waals surface area contributed by atoms with Crippen LogP contribution >= 0.6 is 0 Å². The third kappa shape index (κ3) is 3.59. The van der Waals surface area contributed by atoms with Gasteiger partial charge in [0.15, 0.2) is 0 Å². The van der Waals surface area contributed by atoms with Gasteiger partial charge in [0.05, 0.1) is 0 Å². The highest BCUT2D eigenvalue weighted by Crippen LogP contribution is 2.20. The van der Waals surface area contributed by atoms with Crippen molar-refractivity contribution in [3.05, 3.63) is 65.0 Å². The summed E-state index contributed by atoms with van der Waals surface area (Å²) in [6.45, 7) is 1.98. The first-order valence-corrected chi connectivity index (χ1v) is 6.27. The lowest BCUT2D eigenvalue weighted by molar-refractivity contribution is 0.303. The smallest absolute Gasteiger partial charge is 0.123 e. The minimum Gasteiger partial charge on any atom is -0.489 e. The summed E-state index contributed by atoms with van der Waals surface area (Å²) in [7, 11) is 0. The van der Waals surface area contributed by atoms with E-state index >= 15 is 0 Å². The van der Waals surface area contributed by atoms with Gasteiger partial charge in [-0.15, -0.1) is 0 Å².